The molecule has 3 aromatic rings. The van der Waals surface area contributed by atoms with E-state index in [1.807, 2.05) is 11.3 Å². The summed E-state index contributed by atoms with van der Waals surface area (Å²) in [5.41, 5.74) is 3.89. The summed E-state index contributed by atoms with van der Waals surface area (Å²) in [6.07, 6.45) is 7.89. The number of fused-ring (bicyclic) bond motifs is 3. The predicted octanol–water partition coefficient (Wildman–Crippen LogP) is 5.16. The highest BCUT2D eigenvalue weighted by atomic mass is 32.1. The lowest BCUT2D eigenvalue weighted by Crippen LogP contribution is -2.17. The van der Waals surface area contributed by atoms with Crippen molar-refractivity contribution in [2.24, 2.45) is 5.92 Å². The number of aryl methyl sites for hydroxylation is 1. The fourth-order valence-electron chi connectivity index (χ4n) is 4.24. The van der Waals surface area contributed by atoms with Gasteiger partial charge in [-0.2, -0.15) is 0 Å². The van der Waals surface area contributed by atoms with Gasteiger partial charge in [-0.25, -0.2) is 9.97 Å². The summed E-state index contributed by atoms with van der Waals surface area (Å²) in [5, 5.41) is 4.79. The average Bonchev–Trinajstić information content (AvgIpc) is 3.30. The van der Waals surface area contributed by atoms with Gasteiger partial charge in [0.1, 0.15) is 17.0 Å². The third-order valence-electron chi connectivity index (χ3n) is 5.69. The molecule has 0 saturated carbocycles. The molecule has 0 radical (unpaired) electrons. The zero-order valence-electron chi connectivity index (χ0n) is 15.2. The lowest BCUT2D eigenvalue weighted by Gasteiger charge is -2.19. The van der Waals surface area contributed by atoms with Crippen molar-refractivity contribution >= 4 is 38.7 Å². The lowest BCUT2D eigenvalue weighted by molar-refractivity contribution is 0.509. The van der Waals surface area contributed by atoms with Crippen molar-refractivity contribution in [3.05, 3.63) is 41.0 Å². The Kier molecular flexibility index (Phi) is 4.04. The van der Waals surface area contributed by atoms with Crippen molar-refractivity contribution in [1.82, 2.24) is 9.97 Å². The van der Waals surface area contributed by atoms with Gasteiger partial charge in [0.25, 0.3) is 0 Å². The van der Waals surface area contributed by atoms with Gasteiger partial charge in [-0.3, -0.25) is 0 Å². The molecule has 0 spiro atoms. The van der Waals surface area contributed by atoms with Crippen molar-refractivity contribution in [3.63, 3.8) is 0 Å². The number of aromatic nitrogens is 2. The molecule has 1 fully saturated rings. The molecule has 1 aliphatic carbocycles. The Morgan fingerprint density at radius 2 is 1.92 bits per heavy atom. The second-order valence-electron chi connectivity index (χ2n) is 7.62. The fraction of sp³-hybridized carbons (Fsp3) is 0.429. The first-order valence-electron chi connectivity index (χ1n) is 9.65. The minimum absolute atomic E-state index is 0.776. The summed E-state index contributed by atoms with van der Waals surface area (Å²) in [7, 11) is 0. The third-order valence-corrected chi connectivity index (χ3v) is 6.86. The number of nitrogens with one attached hydrogen (secondary N) is 1. The molecule has 1 aromatic carbocycles. The molecule has 1 aliphatic heterocycles. The quantitative estimate of drug-likeness (QED) is 0.697. The zero-order valence-corrected chi connectivity index (χ0v) is 16.0. The Balaban J connectivity index is 1.46. The standard InChI is InChI=1S/C21H24N4S/c1-14-4-9-17-18(12-14)26-21-19(17)20(22-13-23-21)24-15-5-7-16(8-6-15)25-10-2-3-11-25/h5-8,13-14H,2-4,9-12H2,1H3,(H,22,23,24). The van der Waals surface area contributed by atoms with Crippen molar-refractivity contribution in [3.8, 4) is 0 Å². The highest BCUT2D eigenvalue weighted by Gasteiger charge is 2.23. The Hall–Kier alpha value is -2.14. The van der Waals surface area contributed by atoms with E-state index in [4.69, 9.17) is 0 Å². The first-order valence-corrected chi connectivity index (χ1v) is 10.5. The van der Waals surface area contributed by atoms with Crippen LogP contribution in [0.4, 0.5) is 17.2 Å². The maximum absolute atomic E-state index is 4.58. The molecule has 3 heterocycles. The van der Waals surface area contributed by atoms with Crippen LogP contribution >= 0.6 is 11.3 Å². The van der Waals surface area contributed by atoms with Crippen LogP contribution in [0.2, 0.25) is 0 Å². The maximum Gasteiger partial charge on any atom is 0.142 e. The minimum Gasteiger partial charge on any atom is -0.372 e. The van der Waals surface area contributed by atoms with E-state index in [1.54, 1.807) is 6.33 Å². The molecule has 1 unspecified atom stereocenters. The Labute approximate surface area is 158 Å². The van der Waals surface area contributed by atoms with E-state index in [9.17, 15) is 0 Å². The molecule has 2 aromatic heterocycles. The molecule has 0 amide bonds. The molecule has 134 valence electrons. The minimum atomic E-state index is 0.776. The largest absolute Gasteiger partial charge is 0.372 e. The molecule has 4 nitrogen and oxygen atoms in total. The normalized spacial score (nSPS) is 19.7. The molecular weight excluding hydrogens is 340 g/mol. The number of anilines is 3. The van der Waals surface area contributed by atoms with Gasteiger partial charge >= 0.3 is 0 Å². The van der Waals surface area contributed by atoms with Gasteiger partial charge in [0.2, 0.25) is 0 Å². The highest BCUT2D eigenvalue weighted by molar-refractivity contribution is 7.19. The fourth-order valence-corrected chi connectivity index (χ4v) is 5.59. The van der Waals surface area contributed by atoms with Crippen LogP contribution in [0.1, 0.15) is 36.6 Å². The monoisotopic (exact) mass is 364 g/mol. The molecule has 2 aliphatic rings. The van der Waals surface area contributed by atoms with Crippen molar-refractivity contribution < 1.29 is 0 Å². The highest BCUT2D eigenvalue weighted by Crippen LogP contribution is 2.40. The lowest BCUT2D eigenvalue weighted by atomic mass is 9.89. The van der Waals surface area contributed by atoms with E-state index < -0.39 is 0 Å². The van der Waals surface area contributed by atoms with E-state index in [0.717, 1.165) is 28.7 Å². The van der Waals surface area contributed by atoms with E-state index in [1.165, 1.54) is 60.3 Å². The number of rotatable bonds is 3. The second-order valence-corrected chi connectivity index (χ2v) is 8.70. The zero-order chi connectivity index (χ0) is 17.5. The number of benzene rings is 1. The molecule has 1 N–H and O–H groups in total. The predicted molar refractivity (Wildman–Crippen MR) is 110 cm³/mol. The van der Waals surface area contributed by atoms with Gasteiger partial charge in [0, 0.05) is 29.3 Å². The van der Waals surface area contributed by atoms with Crippen LogP contribution in [0.25, 0.3) is 10.2 Å². The van der Waals surface area contributed by atoms with Gasteiger partial charge in [0.15, 0.2) is 0 Å². The van der Waals surface area contributed by atoms with Crippen molar-refractivity contribution in [2.45, 2.75) is 39.0 Å². The SMILES string of the molecule is CC1CCc2c(sc3ncnc(Nc4ccc(N5CCCC5)cc4)c23)C1. The van der Waals surface area contributed by atoms with Gasteiger partial charge in [-0.1, -0.05) is 6.92 Å². The number of nitrogens with zero attached hydrogens (tertiary/aromatic N) is 3. The molecule has 1 saturated heterocycles. The van der Waals surface area contributed by atoms with E-state index >= 15 is 0 Å². The van der Waals surface area contributed by atoms with Crippen LogP contribution in [0.5, 0.6) is 0 Å². The topological polar surface area (TPSA) is 41.1 Å². The van der Waals surface area contributed by atoms with Crippen molar-refractivity contribution in [2.75, 3.05) is 23.3 Å². The average molecular weight is 365 g/mol. The number of hydrogen-bond acceptors (Lipinski definition) is 5. The van der Waals surface area contributed by atoms with E-state index in [2.05, 4.69) is 51.4 Å². The molecule has 26 heavy (non-hydrogen) atoms. The third kappa shape index (κ3) is 2.84. The van der Waals surface area contributed by atoms with Crippen LogP contribution in [0.3, 0.4) is 0 Å². The smallest absolute Gasteiger partial charge is 0.142 e. The van der Waals surface area contributed by atoms with Crippen LogP contribution in [-0.2, 0) is 12.8 Å². The summed E-state index contributed by atoms with van der Waals surface area (Å²) < 4.78 is 0. The first-order chi connectivity index (χ1) is 12.8. The van der Waals surface area contributed by atoms with Crippen LogP contribution in [0.15, 0.2) is 30.6 Å². The summed E-state index contributed by atoms with van der Waals surface area (Å²) in [6, 6.07) is 8.78. The molecule has 5 rings (SSSR count). The molecular formula is C21H24N4S. The molecule has 0 bridgehead atoms. The second kappa shape index (κ2) is 6.54. The van der Waals surface area contributed by atoms with Gasteiger partial charge in [-0.15, -0.1) is 11.3 Å². The first kappa shape index (κ1) is 16.1. The van der Waals surface area contributed by atoms with Gasteiger partial charge in [0.05, 0.1) is 5.39 Å². The van der Waals surface area contributed by atoms with Gasteiger partial charge in [-0.05, 0) is 67.9 Å². The van der Waals surface area contributed by atoms with Crippen LogP contribution in [-0.4, -0.2) is 23.1 Å². The van der Waals surface area contributed by atoms with Gasteiger partial charge < -0.3 is 10.2 Å². The Morgan fingerprint density at radius 3 is 2.73 bits per heavy atom. The number of thiophene rings is 1. The van der Waals surface area contributed by atoms with Crippen LogP contribution in [0, 0.1) is 5.92 Å². The Morgan fingerprint density at radius 1 is 1.12 bits per heavy atom. The summed E-state index contributed by atoms with van der Waals surface area (Å²) in [5.74, 6) is 1.73. The van der Waals surface area contributed by atoms with Crippen LogP contribution < -0.4 is 10.2 Å². The molecule has 5 heteroatoms. The summed E-state index contributed by atoms with van der Waals surface area (Å²) in [4.78, 5) is 14.2. The maximum atomic E-state index is 4.58. The Bertz CT molecular complexity index is 925. The number of hydrogen-bond donors (Lipinski definition) is 1. The van der Waals surface area contributed by atoms with E-state index in [0.29, 0.717) is 0 Å². The van der Waals surface area contributed by atoms with E-state index in [-0.39, 0.29) is 0 Å². The van der Waals surface area contributed by atoms with Crippen molar-refractivity contribution in [1.29, 1.82) is 0 Å². The summed E-state index contributed by atoms with van der Waals surface area (Å²) >= 11 is 1.85. The molecule has 1 atom stereocenters. The summed E-state index contributed by atoms with van der Waals surface area (Å²) in [6.45, 7) is 4.71.